The van der Waals surface area contributed by atoms with Crippen molar-refractivity contribution in [2.24, 2.45) is 0 Å². The first-order chi connectivity index (χ1) is 10.3. The van der Waals surface area contributed by atoms with Gasteiger partial charge in [-0.2, -0.15) is 0 Å². The van der Waals surface area contributed by atoms with Gasteiger partial charge in [0.25, 0.3) is 0 Å². The lowest BCUT2D eigenvalue weighted by molar-refractivity contribution is 0.315. The van der Waals surface area contributed by atoms with E-state index in [1.165, 1.54) is 6.33 Å². The van der Waals surface area contributed by atoms with Crippen LogP contribution in [0.1, 0.15) is 18.0 Å². The lowest BCUT2D eigenvalue weighted by Crippen LogP contribution is -2.26. The SMILES string of the molecule is O=c1[nH]c2cncnc2n1[C@@H]1CCN(Cc2ccoc2)C1. The number of imidazole rings is 1. The third-order valence-corrected chi connectivity index (χ3v) is 3.98. The highest BCUT2D eigenvalue weighted by molar-refractivity contribution is 5.69. The molecule has 0 spiro atoms. The Hall–Kier alpha value is -2.41. The van der Waals surface area contributed by atoms with E-state index in [0.717, 1.165) is 31.6 Å². The fourth-order valence-electron chi connectivity index (χ4n) is 3.02. The normalized spacial score (nSPS) is 19.5. The molecule has 21 heavy (non-hydrogen) atoms. The summed E-state index contributed by atoms with van der Waals surface area (Å²) in [5, 5.41) is 0. The number of hydrogen-bond acceptors (Lipinski definition) is 5. The predicted octanol–water partition coefficient (Wildman–Crippen LogP) is 1.16. The molecule has 4 rings (SSSR count). The predicted molar refractivity (Wildman–Crippen MR) is 75.8 cm³/mol. The first kappa shape index (κ1) is 12.3. The molecule has 3 aromatic rings. The molecule has 108 valence electrons. The second-order valence-corrected chi connectivity index (χ2v) is 5.37. The molecule has 0 bridgehead atoms. The molecule has 0 amide bonds. The molecular weight excluding hydrogens is 270 g/mol. The van der Waals surface area contributed by atoms with Crippen LogP contribution in [0.3, 0.4) is 0 Å². The van der Waals surface area contributed by atoms with Crippen LogP contribution in [0.25, 0.3) is 11.2 Å². The molecule has 7 nitrogen and oxygen atoms in total. The maximum atomic E-state index is 12.2. The van der Waals surface area contributed by atoms with E-state index in [1.54, 1.807) is 23.3 Å². The molecule has 0 saturated carbocycles. The molecule has 4 heterocycles. The van der Waals surface area contributed by atoms with Crippen LogP contribution in [0.4, 0.5) is 0 Å². The summed E-state index contributed by atoms with van der Waals surface area (Å²) in [5.74, 6) is 0. The second kappa shape index (κ2) is 4.85. The van der Waals surface area contributed by atoms with E-state index in [9.17, 15) is 4.79 Å². The third kappa shape index (κ3) is 2.15. The van der Waals surface area contributed by atoms with Crippen molar-refractivity contribution in [3.05, 3.63) is 47.2 Å². The fraction of sp³-hybridized carbons (Fsp3) is 0.357. The Balaban J connectivity index is 1.59. The van der Waals surface area contributed by atoms with Gasteiger partial charge >= 0.3 is 5.69 Å². The lowest BCUT2D eigenvalue weighted by atomic mass is 10.2. The van der Waals surface area contributed by atoms with Crippen molar-refractivity contribution in [1.29, 1.82) is 0 Å². The summed E-state index contributed by atoms with van der Waals surface area (Å²) in [4.78, 5) is 25.5. The Morgan fingerprint density at radius 3 is 3.29 bits per heavy atom. The van der Waals surface area contributed by atoms with Crippen molar-refractivity contribution in [3.63, 3.8) is 0 Å². The van der Waals surface area contributed by atoms with Gasteiger partial charge in [-0.05, 0) is 12.5 Å². The van der Waals surface area contributed by atoms with Crippen LogP contribution < -0.4 is 5.69 Å². The van der Waals surface area contributed by atoms with E-state index in [2.05, 4.69) is 19.9 Å². The molecule has 3 aromatic heterocycles. The first-order valence-corrected chi connectivity index (χ1v) is 6.95. The van der Waals surface area contributed by atoms with Gasteiger partial charge in [0.15, 0.2) is 5.65 Å². The summed E-state index contributed by atoms with van der Waals surface area (Å²) in [7, 11) is 0. The van der Waals surface area contributed by atoms with Crippen molar-refractivity contribution >= 4 is 11.2 Å². The summed E-state index contributed by atoms with van der Waals surface area (Å²) >= 11 is 0. The van der Waals surface area contributed by atoms with Crippen molar-refractivity contribution in [3.8, 4) is 0 Å². The molecule has 0 unspecified atom stereocenters. The highest BCUT2D eigenvalue weighted by Crippen LogP contribution is 2.24. The molecule has 1 saturated heterocycles. The van der Waals surface area contributed by atoms with Gasteiger partial charge in [0.1, 0.15) is 11.8 Å². The maximum Gasteiger partial charge on any atom is 0.328 e. The molecule has 0 aliphatic carbocycles. The van der Waals surface area contributed by atoms with Crippen LogP contribution >= 0.6 is 0 Å². The molecule has 0 aromatic carbocycles. The monoisotopic (exact) mass is 285 g/mol. The highest BCUT2D eigenvalue weighted by atomic mass is 16.3. The van der Waals surface area contributed by atoms with Gasteiger partial charge in [0.05, 0.1) is 24.8 Å². The van der Waals surface area contributed by atoms with Gasteiger partial charge in [0, 0.05) is 25.2 Å². The number of furan rings is 1. The minimum Gasteiger partial charge on any atom is -0.472 e. The van der Waals surface area contributed by atoms with Gasteiger partial charge in [-0.1, -0.05) is 0 Å². The minimum absolute atomic E-state index is 0.110. The van der Waals surface area contributed by atoms with Crippen LogP contribution in [0.2, 0.25) is 0 Å². The summed E-state index contributed by atoms with van der Waals surface area (Å²) in [6, 6.07) is 2.12. The Morgan fingerprint density at radius 1 is 1.48 bits per heavy atom. The number of nitrogens with zero attached hydrogens (tertiary/aromatic N) is 4. The average Bonchev–Trinajstić information content (AvgIpc) is 3.18. The molecule has 1 fully saturated rings. The average molecular weight is 285 g/mol. The van der Waals surface area contributed by atoms with Crippen molar-refractivity contribution < 1.29 is 4.42 Å². The molecule has 1 aliphatic heterocycles. The van der Waals surface area contributed by atoms with E-state index in [4.69, 9.17) is 4.42 Å². The zero-order valence-corrected chi connectivity index (χ0v) is 11.4. The highest BCUT2D eigenvalue weighted by Gasteiger charge is 2.27. The van der Waals surface area contributed by atoms with Crippen LogP contribution in [-0.2, 0) is 6.54 Å². The van der Waals surface area contributed by atoms with E-state index in [0.29, 0.717) is 11.2 Å². The van der Waals surface area contributed by atoms with Crippen molar-refractivity contribution in [2.75, 3.05) is 13.1 Å². The molecule has 7 heteroatoms. The van der Waals surface area contributed by atoms with E-state index < -0.39 is 0 Å². The number of nitrogens with one attached hydrogen (secondary N) is 1. The van der Waals surface area contributed by atoms with Gasteiger partial charge in [-0.15, -0.1) is 0 Å². The van der Waals surface area contributed by atoms with Crippen LogP contribution in [0.15, 0.2) is 40.3 Å². The zero-order valence-electron chi connectivity index (χ0n) is 11.4. The third-order valence-electron chi connectivity index (χ3n) is 3.98. The molecular formula is C14H15N5O2. The van der Waals surface area contributed by atoms with E-state index in [-0.39, 0.29) is 11.7 Å². The summed E-state index contributed by atoms with van der Waals surface area (Å²) in [6.45, 7) is 2.64. The molecule has 1 N–H and O–H groups in total. The number of fused-ring (bicyclic) bond motifs is 1. The lowest BCUT2D eigenvalue weighted by Gasteiger charge is -2.15. The molecule has 1 atom stereocenters. The maximum absolute atomic E-state index is 12.2. The van der Waals surface area contributed by atoms with E-state index >= 15 is 0 Å². The van der Waals surface area contributed by atoms with Gasteiger partial charge in [0.2, 0.25) is 0 Å². The number of H-pyrrole nitrogens is 1. The number of aromatic amines is 1. The Morgan fingerprint density at radius 2 is 2.43 bits per heavy atom. The summed E-state index contributed by atoms with van der Waals surface area (Å²) < 4.78 is 6.85. The van der Waals surface area contributed by atoms with Crippen molar-refractivity contribution in [2.45, 2.75) is 19.0 Å². The minimum atomic E-state index is -0.110. The van der Waals surface area contributed by atoms with Crippen LogP contribution in [0.5, 0.6) is 0 Å². The van der Waals surface area contributed by atoms with Crippen molar-refractivity contribution in [1.82, 2.24) is 24.4 Å². The van der Waals surface area contributed by atoms with Crippen LogP contribution in [0, 0.1) is 0 Å². The largest absolute Gasteiger partial charge is 0.472 e. The van der Waals surface area contributed by atoms with Gasteiger partial charge in [-0.3, -0.25) is 9.47 Å². The molecule has 0 radical (unpaired) electrons. The zero-order chi connectivity index (χ0) is 14.2. The standard InChI is InChI=1S/C14H15N5O2/c20-14-17-12-5-15-9-16-13(12)19(14)11-1-3-18(7-11)6-10-2-4-21-8-10/h2,4-5,8-9,11H,1,3,6-7H2,(H,17,20)/t11-/m1/s1. The van der Waals surface area contributed by atoms with Gasteiger partial charge in [-0.25, -0.2) is 14.8 Å². The Labute approximate surface area is 120 Å². The Kier molecular flexibility index (Phi) is 2.85. The van der Waals surface area contributed by atoms with Crippen LogP contribution in [-0.4, -0.2) is 37.5 Å². The number of likely N-dealkylation sites (tertiary alicyclic amines) is 1. The number of hydrogen-bond donors (Lipinski definition) is 1. The summed E-state index contributed by atoms with van der Waals surface area (Å²) in [5.41, 5.74) is 2.42. The molecule has 1 aliphatic rings. The Bertz CT molecular complexity index is 804. The summed E-state index contributed by atoms with van der Waals surface area (Å²) in [6.07, 6.45) is 7.50. The topological polar surface area (TPSA) is 80.0 Å². The quantitative estimate of drug-likeness (QED) is 0.781. The number of aromatic nitrogens is 4. The number of rotatable bonds is 3. The second-order valence-electron chi connectivity index (χ2n) is 5.37. The smallest absolute Gasteiger partial charge is 0.328 e. The van der Waals surface area contributed by atoms with Gasteiger partial charge < -0.3 is 9.40 Å². The van der Waals surface area contributed by atoms with E-state index in [1.807, 2.05) is 6.07 Å². The first-order valence-electron chi connectivity index (χ1n) is 6.95. The fourth-order valence-corrected chi connectivity index (χ4v) is 3.02.